The quantitative estimate of drug-likeness (QED) is 0.712. The summed E-state index contributed by atoms with van der Waals surface area (Å²) in [6.07, 6.45) is 0. The number of sulfonamides is 1. The lowest BCUT2D eigenvalue weighted by atomic mass is 10.2. The van der Waals surface area contributed by atoms with Crippen molar-refractivity contribution in [1.82, 2.24) is 10.1 Å². The Morgan fingerprint density at radius 1 is 1.16 bits per heavy atom. The van der Waals surface area contributed by atoms with E-state index in [1.807, 2.05) is 30.3 Å². The van der Waals surface area contributed by atoms with Gasteiger partial charge in [0.15, 0.2) is 5.17 Å². The summed E-state index contributed by atoms with van der Waals surface area (Å²) in [5, 5.41) is 4.14. The molecule has 10 heteroatoms. The lowest BCUT2D eigenvalue weighted by molar-refractivity contribution is 0.432. The summed E-state index contributed by atoms with van der Waals surface area (Å²) < 4.78 is 33.2. The van der Waals surface area contributed by atoms with Crippen LogP contribution in [0.4, 0.5) is 0 Å². The van der Waals surface area contributed by atoms with E-state index >= 15 is 0 Å². The van der Waals surface area contributed by atoms with Crippen LogP contribution in [0, 0.1) is 0 Å². The summed E-state index contributed by atoms with van der Waals surface area (Å²) in [5.41, 5.74) is 6.63. The van der Waals surface area contributed by atoms with E-state index in [9.17, 15) is 8.42 Å². The van der Waals surface area contributed by atoms with Crippen molar-refractivity contribution in [2.24, 2.45) is 10.1 Å². The van der Waals surface area contributed by atoms with E-state index < -0.39 is 10.0 Å². The number of hydrogen-bond acceptors (Lipinski definition) is 7. The van der Waals surface area contributed by atoms with Crippen LogP contribution in [0.2, 0.25) is 5.02 Å². The molecule has 2 heterocycles. The van der Waals surface area contributed by atoms with E-state index in [1.54, 1.807) is 0 Å². The van der Waals surface area contributed by atoms with Crippen molar-refractivity contribution >= 4 is 38.6 Å². The average Bonchev–Trinajstić information content (AvgIpc) is 3.04. The van der Waals surface area contributed by atoms with Crippen LogP contribution in [-0.2, 0) is 10.0 Å². The minimum absolute atomic E-state index is 0.00515. The highest BCUT2D eigenvalue weighted by molar-refractivity contribution is 8.15. The van der Waals surface area contributed by atoms with Gasteiger partial charge in [0.2, 0.25) is 5.82 Å². The van der Waals surface area contributed by atoms with Gasteiger partial charge in [-0.25, -0.2) is 0 Å². The van der Waals surface area contributed by atoms with E-state index in [0.717, 1.165) is 17.3 Å². The normalized spacial score (nSPS) is 15.5. The van der Waals surface area contributed by atoms with Crippen LogP contribution < -0.4 is 5.73 Å². The first kappa shape index (κ1) is 16.1. The van der Waals surface area contributed by atoms with E-state index in [4.69, 9.17) is 21.9 Å². The van der Waals surface area contributed by atoms with Crippen LogP contribution in [0.15, 0.2) is 61.2 Å². The molecule has 1 aromatic heterocycles. The molecule has 0 radical (unpaired) electrons. The standard InChI is InChI=1S/C15H9ClN4O3S2/c16-10-7-11-12(25(21,22)20-15(17)24-11)6-9(10)14-18-13(19-23-14)8-4-2-1-3-5-8/h1-7H,(H2,17,20). The molecule has 2 N–H and O–H groups in total. The number of nitrogens with two attached hydrogens (primary N) is 1. The largest absolute Gasteiger partial charge is 0.377 e. The van der Waals surface area contributed by atoms with Crippen LogP contribution in [0.1, 0.15) is 0 Å². The summed E-state index contributed by atoms with van der Waals surface area (Å²) in [5.74, 6) is 0.498. The maximum Gasteiger partial charge on any atom is 0.285 e. The number of fused-ring (bicyclic) bond motifs is 1. The minimum atomic E-state index is -3.89. The molecule has 0 unspecified atom stereocenters. The molecule has 1 aliphatic rings. The first-order chi connectivity index (χ1) is 11.9. The Morgan fingerprint density at radius 3 is 2.68 bits per heavy atom. The number of hydrogen-bond donors (Lipinski definition) is 1. The average molecular weight is 393 g/mol. The van der Waals surface area contributed by atoms with E-state index in [0.29, 0.717) is 16.3 Å². The lowest BCUT2D eigenvalue weighted by Gasteiger charge is -2.14. The molecule has 0 amide bonds. The molecule has 1 aliphatic heterocycles. The number of thioether (sulfide) groups is 1. The Bertz CT molecular complexity index is 1110. The summed E-state index contributed by atoms with van der Waals surface area (Å²) in [6, 6.07) is 12.1. The zero-order valence-corrected chi connectivity index (χ0v) is 14.8. The monoisotopic (exact) mass is 392 g/mol. The fourth-order valence-corrected chi connectivity index (χ4v) is 4.99. The summed E-state index contributed by atoms with van der Waals surface area (Å²) in [7, 11) is -3.89. The summed E-state index contributed by atoms with van der Waals surface area (Å²) in [6.45, 7) is 0. The zero-order valence-electron chi connectivity index (χ0n) is 12.4. The maximum atomic E-state index is 12.2. The predicted octanol–water partition coefficient (Wildman–Crippen LogP) is 3.17. The number of benzene rings is 2. The minimum Gasteiger partial charge on any atom is -0.377 e. The van der Waals surface area contributed by atoms with Crippen molar-refractivity contribution < 1.29 is 12.9 Å². The molecule has 0 atom stereocenters. The molecule has 2 aromatic carbocycles. The van der Waals surface area contributed by atoms with Gasteiger partial charge in [-0.15, -0.1) is 4.40 Å². The van der Waals surface area contributed by atoms with Gasteiger partial charge in [0.1, 0.15) is 4.90 Å². The fraction of sp³-hybridized carbons (Fsp3) is 0. The Kier molecular flexibility index (Phi) is 3.78. The van der Waals surface area contributed by atoms with Gasteiger partial charge in [-0.2, -0.15) is 13.4 Å². The maximum absolute atomic E-state index is 12.2. The number of amidine groups is 1. The van der Waals surface area contributed by atoms with Crippen LogP contribution >= 0.6 is 23.4 Å². The van der Waals surface area contributed by atoms with Crippen molar-refractivity contribution in [2.45, 2.75) is 9.79 Å². The molecule has 0 saturated heterocycles. The highest BCUT2D eigenvalue weighted by atomic mass is 35.5. The first-order valence-electron chi connectivity index (χ1n) is 6.95. The molecule has 4 rings (SSSR count). The van der Waals surface area contributed by atoms with E-state index in [-0.39, 0.29) is 21.0 Å². The van der Waals surface area contributed by atoms with Gasteiger partial charge in [-0.05, 0) is 12.1 Å². The Morgan fingerprint density at radius 2 is 1.92 bits per heavy atom. The first-order valence-corrected chi connectivity index (χ1v) is 9.59. The summed E-state index contributed by atoms with van der Waals surface area (Å²) in [4.78, 5) is 4.71. The second-order valence-electron chi connectivity index (χ2n) is 5.07. The van der Waals surface area contributed by atoms with Crippen molar-refractivity contribution in [1.29, 1.82) is 0 Å². The smallest absolute Gasteiger partial charge is 0.285 e. The Labute approximate surface area is 152 Å². The summed E-state index contributed by atoms with van der Waals surface area (Å²) >= 11 is 7.31. The number of rotatable bonds is 2. The van der Waals surface area contributed by atoms with Crippen molar-refractivity contribution in [2.75, 3.05) is 0 Å². The zero-order chi connectivity index (χ0) is 17.6. The second-order valence-corrected chi connectivity index (χ2v) is 8.12. The topological polar surface area (TPSA) is 111 Å². The van der Waals surface area contributed by atoms with Crippen molar-refractivity contribution in [3.63, 3.8) is 0 Å². The van der Waals surface area contributed by atoms with Gasteiger partial charge in [-0.3, -0.25) is 0 Å². The number of aromatic nitrogens is 2. The van der Waals surface area contributed by atoms with Gasteiger partial charge in [0.05, 0.1) is 10.6 Å². The third-order valence-electron chi connectivity index (χ3n) is 3.42. The lowest BCUT2D eigenvalue weighted by Crippen LogP contribution is -2.16. The molecule has 0 aliphatic carbocycles. The molecule has 126 valence electrons. The van der Waals surface area contributed by atoms with Crippen molar-refractivity contribution in [3.8, 4) is 22.8 Å². The SMILES string of the molecule is NC1=NS(=O)(=O)c2cc(-c3nc(-c4ccccc4)no3)c(Cl)cc2S1. The molecular weight excluding hydrogens is 384 g/mol. The second kappa shape index (κ2) is 5.87. The fourth-order valence-electron chi connectivity index (χ4n) is 2.32. The third-order valence-corrected chi connectivity index (χ3v) is 6.17. The van der Waals surface area contributed by atoms with E-state index in [2.05, 4.69) is 14.5 Å². The van der Waals surface area contributed by atoms with Gasteiger partial charge in [-0.1, -0.05) is 58.9 Å². The van der Waals surface area contributed by atoms with Gasteiger partial charge < -0.3 is 10.3 Å². The van der Waals surface area contributed by atoms with Gasteiger partial charge >= 0.3 is 0 Å². The molecule has 3 aromatic rings. The molecule has 0 bridgehead atoms. The molecule has 25 heavy (non-hydrogen) atoms. The number of halogens is 1. The number of nitrogens with zero attached hydrogens (tertiary/aromatic N) is 3. The van der Waals surface area contributed by atoms with Crippen LogP contribution in [0.25, 0.3) is 22.8 Å². The van der Waals surface area contributed by atoms with Crippen LogP contribution in [0.5, 0.6) is 0 Å². The molecule has 0 saturated carbocycles. The third kappa shape index (κ3) is 2.90. The Hall–Kier alpha value is -2.36. The van der Waals surface area contributed by atoms with E-state index in [1.165, 1.54) is 12.1 Å². The van der Waals surface area contributed by atoms with Crippen LogP contribution in [-0.4, -0.2) is 23.7 Å². The molecule has 0 fully saturated rings. The van der Waals surface area contributed by atoms with Crippen molar-refractivity contribution in [3.05, 3.63) is 47.5 Å². The highest BCUT2D eigenvalue weighted by Gasteiger charge is 2.28. The van der Waals surface area contributed by atoms with Gasteiger partial charge in [0, 0.05) is 10.5 Å². The Balaban J connectivity index is 1.83. The van der Waals surface area contributed by atoms with Crippen LogP contribution in [0.3, 0.4) is 0 Å². The molecular formula is C15H9ClN4O3S2. The highest BCUT2D eigenvalue weighted by Crippen LogP contribution is 2.39. The van der Waals surface area contributed by atoms with Gasteiger partial charge in [0.25, 0.3) is 15.9 Å². The molecule has 0 spiro atoms. The predicted molar refractivity (Wildman–Crippen MR) is 94.8 cm³/mol. The molecule has 7 nitrogen and oxygen atoms in total.